The molecule has 3 aromatic rings. The molecule has 3 aromatic carbocycles. The number of nitrogens with one attached hydrogen (secondary N) is 1. The number of fused-ring (bicyclic) bond motifs is 2. The number of likely N-dealkylation sites (tertiary alicyclic amines) is 1. The predicted molar refractivity (Wildman–Crippen MR) is 165 cm³/mol. The normalized spacial score (nSPS) is 28.8. The maximum absolute atomic E-state index is 14.2. The Kier molecular flexibility index (Phi) is 8.97. The van der Waals surface area contributed by atoms with Crippen LogP contribution >= 0.6 is 0 Å². The Balaban J connectivity index is 1.24. The van der Waals surface area contributed by atoms with Crippen LogP contribution in [0.2, 0.25) is 0 Å². The summed E-state index contributed by atoms with van der Waals surface area (Å²) in [6.45, 7) is 10.8. The molecule has 0 aromatic heterocycles. The van der Waals surface area contributed by atoms with Gasteiger partial charge in [-0.15, -0.1) is 0 Å². The summed E-state index contributed by atoms with van der Waals surface area (Å²) in [6, 6.07) is 14.2. The number of hydrogen-bond donors (Lipinski definition) is 2. The zero-order chi connectivity index (χ0) is 33.8. The molecule has 3 fully saturated rings. The second-order valence-electron chi connectivity index (χ2n) is 14.5. The van der Waals surface area contributed by atoms with Crippen molar-refractivity contribution in [3.63, 3.8) is 0 Å². The molecule has 252 valence electrons. The molecule has 2 aliphatic heterocycles. The summed E-state index contributed by atoms with van der Waals surface area (Å²) in [4.78, 5) is 15.1. The highest BCUT2D eigenvalue weighted by molar-refractivity contribution is 6.04. The smallest absolute Gasteiger partial charge is 0.261 e. The lowest BCUT2D eigenvalue weighted by Crippen LogP contribution is -2.46. The summed E-state index contributed by atoms with van der Waals surface area (Å²) in [5.41, 5.74) is 1.35. The van der Waals surface area contributed by atoms with Gasteiger partial charge in [-0.2, -0.15) is 0 Å². The number of rotatable bonds is 7. The van der Waals surface area contributed by atoms with Gasteiger partial charge in [0.2, 0.25) is 5.82 Å². The van der Waals surface area contributed by atoms with Gasteiger partial charge < -0.3 is 19.9 Å². The van der Waals surface area contributed by atoms with Crippen molar-refractivity contribution in [2.45, 2.75) is 78.1 Å². The van der Waals surface area contributed by atoms with Crippen molar-refractivity contribution in [2.24, 2.45) is 16.7 Å². The summed E-state index contributed by atoms with van der Waals surface area (Å²) >= 11 is 0. The minimum atomic E-state index is -2.34. The fourth-order valence-corrected chi connectivity index (χ4v) is 8.07. The van der Waals surface area contributed by atoms with Gasteiger partial charge in [0.1, 0.15) is 5.56 Å². The van der Waals surface area contributed by atoms with E-state index in [2.05, 4.69) is 37.9 Å². The van der Waals surface area contributed by atoms with Gasteiger partial charge in [0, 0.05) is 36.3 Å². The number of amides is 1. The number of ether oxygens (including phenoxy) is 2. The van der Waals surface area contributed by atoms with E-state index in [1.807, 2.05) is 24.3 Å². The van der Waals surface area contributed by atoms with Crippen molar-refractivity contribution < 1.29 is 41.3 Å². The number of halogens is 5. The molecule has 1 saturated carbocycles. The Bertz CT molecular complexity index is 1620. The number of carbonyl (C=O) groups excluding carboxylic acids is 1. The third-order valence-electron chi connectivity index (χ3n) is 9.94. The number of hydrogen-bond acceptors (Lipinski definition) is 5. The molecule has 0 spiro atoms. The van der Waals surface area contributed by atoms with Gasteiger partial charge in [0.05, 0.1) is 18.8 Å². The van der Waals surface area contributed by atoms with Crippen LogP contribution in [0.3, 0.4) is 0 Å². The molecule has 0 radical (unpaired) electrons. The molecule has 2 N–H and O–H groups in total. The number of carbonyl (C=O) groups is 1. The predicted octanol–water partition coefficient (Wildman–Crippen LogP) is 7.82. The largest absolute Gasteiger partial charge is 0.392 e. The van der Waals surface area contributed by atoms with E-state index in [0.717, 1.165) is 37.1 Å². The highest BCUT2D eigenvalue weighted by Gasteiger charge is 2.51. The van der Waals surface area contributed by atoms with E-state index in [0.29, 0.717) is 11.6 Å². The van der Waals surface area contributed by atoms with E-state index in [9.17, 15) is 31.9 Å². The maximum atomic E-state index is 14.2. The van der Waals surface area contributed by atoms with E-state index in [-0.39, 0.29) is 41.3 Å². The first-order valence-corrected chi connectivity index (χ1v) is 15.9. The zero-order valence-corrected chi connectivity index (χ0v) is 26.8. The van der Waals surface area contributed by atoms with Gasteiger partial charge >= 0.3 is 0 Å². The topological polar surface area (TPSA) is 71.0 Å². The molecule has 2 saturated heterocycles. The van der Waals surface area contributed by atoms with Gasteiger partial charge in [0.15, 0.2) is 29.6 Å². The molecular formula is C36H39F5N2O4. The van der Waals surface area contributed by atoms with Crippen LogP contribution in [0.1, 0.15) is 86.4 Å². The quantitative estimate of drug-likeness (QED) is 0.154. The van der Waals surface area contributed by atoms with E-state index in [4.69, 9.17) is 9.47 Å². The lowest BCUT2D eigenvalue weighted by Gasteiger charge is -2.43. The van der Waals surface area contributed by atoms with Crippen LogP contribution < -0.4 is 5.32 Å². The average molecular weight is 659 g/mol. The highest BCUT2D eigenvalue weighted by atomic mass is 19.2. The van der Waals surface area contributed by atoms with Crippen LogP contribution in [0.5, 0.6) is 0 Å². The summed E-state index contributed by atoms with van der Waals surface area (Å²) in [6.07, 6.45) is 2.11. The Morgan fingerprint density at radius 2 is 1.47 bits per heavy atom. The second-order valence-corrected chi connectivity index (χ2v) is 14.5. The Morgan fingerprint density at radius 3 is 2.09 bits per heavy atom. The molecule has 1 amide bonds. The number of benzene rings is 3. The molecule has 1 aliphatic carbocycles. The van der Waals surface area contributed by atoms with Gasteiger partial charge in [-0.25, -0.2) is 22.0 Å². The molecule has 2 unspecified atom stereocenters. The van der Waals surface area contributed by atoms with Gasteiger partial charge in [0.25, 0.3) is 5.91 Å². The van der Waals surface area contributed by atoms with Crippen molar-refractivity contribution in [3.8, 4) is 0 Å². The lowest BCUT2D eigenvalue weighted by molar-refractivity contribution is -0.276. The monoisotopic (exact) mass is 658 g/mol. The Labute approximate surface area is 270 Å². The second kappa shape index (κ2) is 12.6. The number of anilines is 1. The SMILES string of the molecule is C[C@@H]1[C@H](CN2CC3(C)CC2CC(C)(C)C3)O[C@H](c2ccc(NC(=O)c3c(F)c(F)c(F)c(F)c3F)cc2)O[C@@H]1c1ccc(CO)cc1. The van der Waals surface area contributed by atoms with Crippen molar-refractivity contribution in [2.75, 3.05) is 18.4 Å². The first kappa shape index (κ1) is 33.5. The maximum Gasteiger partial charge on any atom is 0.261 e. The summed E-state index contributed by atoms with van der Waals surface area (Å²) in [5.74, 6) is -12.7. The average Bonchev–Trinajstić information content (AvgIpc) is 3.27. The molecule has 3 aliphatic rings. The van der Waals surface area contributed by atoms with E-state index in [1.54, 1.807) is 12.1 Å². The summed E-state index contributed by atoms with van der Waals surface area (Å²) in [7, 11) is 0. The fraction of sp³-hybridized carbons (Fsp3) is 0.472. The molecule has 47 heavy (non-hydrogen) atoms. The molecule has 6 rings (SSSR count). The van der Waals surface area contributed by atoms with Gasteiger partial charge in [-0.1, -0.05) is 64.1 Å². The van der Waals surface area contributed by atoms with E-state index >= 15 is 0 Å². The summed E-state index contributed by atoms with van der Waals surface area (Å²) in [5, 5.41) is 11.8. The van der Waals surface area contributed by atoms with Crippen LogP contribution in [0.15, 0.2) is 48.5 Å². The number of aliphatic hydroxyl groups excluding tert-OH is 1. The van der Waals surface area contributed by atoms with E-state index < -0.39 is 46.8 Å². The highest BCUT2D eigenvalue weighted by Crippen LogP contribution is 2.53. The minimum absolute atomic E-state index is 0.0210. The van der Waals surface area contributed by atoms with Crippen molar-refractivity contribution in [1.29, 1.82) is 0 Å². The third-order valence-corrected chi connectivity index (χ3v) is 9.94. The zero-order valence-electron chi connectivity index (χ0n) is 26.8. The molecular weight excluding hydrogens is 619 g/mol. The number of nitrogens with zero attached hydrogens (tertiary/aromatic N) is 1. The van der Waals surface area contributed by atoms with Crippen LogP contribution in [-0.4, -0.2) is 41.1 Å². The first-order valence-electron chi connectivity index (χ1n) is 15.9. The van der Waals surface area contributed by atoms with Crippen LogP contribution in [0, 0.1) is 45.8 Å². The van der Waals surface area contributed by atoms with Crippen molar-refractivity contribution in [1.82, 2.24) is 4.90 Å². The Morgan fingerprint density at radius 1 is 0.872 bits per heavy atom. The third kappa shape index (κ3) is 6.55. The van der Waals surface area contributed by atoms with Crippen LogP contribution in [0.25, 0.3) is 0 Å². The number of aliphatic hydroxyl groups is 1. The van der Waals surface area contributed by atoms with Gasteiger partial charge in [-0.3, -0.25) is 9.69 Å². The summed E-state index contributed by atoms with van der Waals surface area (Å²) < 4.78 is 82.3. The van der Waals surface area contributed by atoms with Crippen molar-refractivity contribution >= 4 is 11.6 Å². The lowest BCUT2D eigenvalue weighted by atomic mass is 9.65. The van der Waals surface area contributed by atoms with E-state index in [1.165, 1.54) is 18.6 Å². The van der Waals surface area contributed by atoms with Crippen molar-refractivity contribution in [3.05, 3.63) is 99.9 Å². The molecule has 6 atom stereocenters. The molecule has 6 nitrogen and oxygen atoms in total. The molecule has 11 heteroatoms. The molecule has 2 heterocycles. The minimum Gasteiger partial charge on any atom is -0.392 e. The van der Waals surface area contributed by atoms with Crippen LogP contribution in [0.4, 0.5) is 27.6 Å². The first-order chi connectivity index (χ1) is 22.2. The molecule has 2 bridgehead atoms. The fourth-order valence-electron chi connectivity index (χ4n) is 8.07. The van der Waals surface area contributed by atoms with Gasteiger partial charge in [-0.05, 0) is 53.4 Å². The Hall–Kier alpha value is -3.38. The standard InChI is InChI=1S/C36H39F5N2O4/c1-19-25(15-43-18-36(4)14-24(43)13-35(2,3)17-36)46-34(47-32(19)21-7-5-20(16-44)6-8-21)22-9-11-23(12-10-22)42-33(45)26-27(37)29(39)31(41)30(40)28(26)38/h5-12,19,24-25,32,34,44H,13-18H2,1-4H3,(H,42,45)/t19-,24?,25+,32+,34+,36?/m1/s1. The van der Waals surface area contributed by atoms with Crippen LogP contribution in [-0.2, 0) is 16.1 Å².